The molecular formula is C24H32ClN5O2. The maximum Gasteiger partial charge on any atom is 0.225 e. The van der Waals surface area contributed by atoms with Gasteiger partial charge in [-0.3, -0.25) is 4.98 Å². The van der Waals surface area contributed by atoms with E-state index in [4.69, 9.17) is 21.0 Å². The Bertz CT molecular complexity index is 1130. The first-order valence-corrected chi connectivity index (χ1v) is 11.7. The van der Waals surface area contributed by atoms with E-state index >= 15 is 0 Å². The average molecular weight is 458 g/mol. The van der Waals surface area contributed by atoms with E-state index in [-0.39, 0.29) is 24.0 Å². The number of pyridine rings is 1. The van der Waals surface area contributed by atoms with Crippen molar-refractivity contribution < 1.29 is 9.52 Å². The third kappa shape index (κ3) is 4.04. The van der Waals surface area contributed by atoms with Crippen molar-refractivity contribution >= 4 is 34.3 Å². The smallest absolute Gasteiger partial charge is 0.225 e. The number of aromatic nitrogens is 3. The zero-order chi connectivity index (χ0) is 23.0. The van der Waals surface area contributed by atoms with Crippen LogP contribution in [0.25, 0.3) is 22.3 Å². The van der Waals surface area contributed by atoms with Gasteiger partial charge in [-0.1, -0.05) is 31.9 Å². The second kappa shape index (κ2) is 8.87. The number of hydrogen-bond acceptors (Lipinski definition) is 7. The molecule has 1 aliphatic rings. The molecule has 7 nitrogen and oxygen atoms in total. The number of nitrogens with one attached hydrogen (secondary N) is 2. The summed E-state index contributed by atoms with van der Waals surface area (Å²) in [6.07, 6.45) is 3.85. The number of rotatable bonds is 7. The highest BCUT2D eigenvalue weighted by molar-refractivity contribution is 6.32. The molecule has 1 saturated carbocycles. The summed E-state index contributed by atoms with van der Waals surface area (Å²) in [6.45, 7) is 8.65. The van der Waals surface area contributed by atoms with Crippen LogP contribution in [-0.4, -0.2) is 39.3 Å². The van der Waals surface area contributed by atoms with Crippen LogP contribution in [0.1, 0.15) is 51.4 Å². The molecule has 1 aliphatic carbocycles. The molecule has 8 heteroatoms. The van der Waals surface area contributed by atoms with E-state index in [2.05, 4.69) is 47.4 Å². The standard InChI is InChI=1S/C24H32ClN5O2/c1-6-7-17-10-16-11-18(32-20(16)14(3)27-17)19-21(25)28-23(26-5)29-22(19)30-24(4)9-8-15(12-31)13(24)2/h10-11,13,15,31H,6-9,12H2,1-5H3,(H2,26,28,29,30). The molecule has 3 heterocycles. The molecule has 1 fully saturated rings. The molecule has 3 atom stereocenters. The summed E-state index contributed by atoms with van der Waals surface area (Å²) >= 11 is 6.67. The predicted molar refractivity (Wildman–Crippen MR) is 129 cm³/mol. The van der Waals surface area contributed by atoms with Crippen molar-refractivity contribution in [3.05, 3.63) is 28.7 Å². The molecule has 3 N–H and O–H groups in total. The molecule has 0 aliphatic heterocycles. The zero-order valence-electron chi connectivity index (χ0n) is 19.4. The molecule has 32 heavy (non-hydrogen) atoms. The SMILES string of the molecule is CCCc1cc2cc(-c3c(Cl)nc(NC)nc3NC3(C)CCC(CO)C3C)oc2c(C)n1. The number of fused-ring (bicyclic) bond motifs is 1. The van der Waals surface area contributed by atoms with E-state index in [1.807, 2.05) is 13.0 Å². The highest BCUT2D eigenvalue weighted by Gasteiger charge is 2.43. The van der Waals surface area contributed by atoms with Gasteiger partial charge >= 0.3 is 0 Å². The Hall–Kier alpha value is -2.38. The minimum atomic E-state index is -0.234. The number of hydrogen-bond donors (Lipinski definition) is 3. The first-order valence-electron chi connectivity index (χ1n) is 11.3. The largest absolute Gasteiger partial charge is 0.454 e. The van der Waals surface area contributed by atoms with Crippen LogP contribution in [0.2, 0.25) is 5.15 Å². The van der Waals surface area contributed by atoms with Crippen molar-refractivity contribution in [1.82, 2.24) is 15.0 Å². The summed E-state index contributed by atoms with van der Waals surface area (Å²) in [6, 6.07) is 4.07. The van der Waals surface area contributed by atoms with Crippen molar-refractivity contribution in [2.24, 2.45) is 11.8 Å². The van der Waals surface area contributed by atoms with Gasteiger partial charge in [-0.05, 0) is 57.1 Å². The van der Waals surface area contributed by atoms with Gasteiger partial charge in [0.25, 0.3) is 0 Å². The minimum absolute atomic E-state index is 0.188. The van der Waals surface area contributed by atoms with Gasteiger partial charge in [-0.25, -0.2) is 4.98 Å². The number of nitrogens with zero attached hydrogens (tertiary/aromatic N) is 3. The van der Waals surface area contributed by atoms with E-state index in [9.17, 15) is 5.11 Å². The Morgan fingerprint density at radius 3 is 2.72 bits per heavy atom. The van der Waals surface area contributed by atoms with E-state index in [0.29, 0.717) is 28.2 Å². The third-order valence-electron chi connectivity index (χ3n) is 6.95. The lowest BCUT2D eigenvalue weighted by molar-refractivity contribution is 0.187. The number of aliphatic hydroxyl groups excluding tert-OH is 1. The molecule has 0 amide bonds. The summed E-state index contributed by atoms with van der Waals surface area (Å²) in [5.41, 5.74) is 3.07. The van der Waals surface area contributed by atoms with Gasteiger partial charge in [0.15, 0.2) is 5.58 Å². The molecular weight excluding hydrogens is 426 g/mol. The van der Waals surface area contributed by atoms with Crippen molar-refractivity contribution in [3.63, 3.8) is 0 Å². The van der Waals surface area contributed by atoms with Crippen LogP contribution in [0.3, 0.4) is 0 Å². The second-order valence-corrected chi connectivity index (χ2v) is 9.46. The molecule has 4 rings (SSSR count). The second-order valence-electron chi connectivity index (χ2n) is 9.10. The monoisotopic (exact) mass is 457 g/mol. The van der Waals surface area contributed by atoms with Crippen LogP contribution >= 0.6 is 11.6 Å². The minimum Gasteiger partial charge on any atom is -0.454 e. The molecule has 3 unspecified atom stereocenters. The van der Waals surface area contributed by atoms with Crippen molar-refractivity contribution in [2.45, 2.75) is 58.9 Å². The van der Waals surface area contributed by atoms with E-state index in [0.717, 1.165) is 48.0 Å². The van der Waals surface area contributed by atoms with Gasteiger partial charge in [-0.15, -0.1) is 0 Å². The van der Waals surface area contributed by atoms with Gasteiger partial charge in [0, 0.05) is 30.3 Å². The Kier molecular flexibility index (Phi) is 6.32. The predicted octanol–water partition coefficient (Wildman–Crippen LogP) is 5.45. The maximum atomic E-state index is 9.76. The summed E-state index contributed by atoms with van der Waals surface area (Å²) in [5, 5.41) is 17.7. The molecule has 3 aromatic rings. The van der Waals surface area contributed by atoms with Crippen molar-refractivity contribution in [3.8, 4) is 11.3 Å². The van der Waals surface area contributed by atoms with Gasteiger partial charge in [0.2, 0.25) is 5.95 Å². The van der Waals surface area contributed by atoms with Crippen LogP contribution in [-0.2, 0) is 6.42 Å². The number of anilines is 2. The quantitative estimate of drug-likeness (QED) is 0.406. The van der Waals surface area contributed by atoms with Gasteiger partial charge in [0.05, 0.1) is 11.3 Å². The Balaban J connectivity index is 1.82. The number of aryl methyl sites for hydroxylation is 2. The van der Waals surface area contributed by atoms with Crippen LogP contribution in [0.4, 0.5) is 11.8 Å². The summed E-state index contributed by atoms with van der Waals surface area (Å²) < 4.78 is 6.25. The fourth-order valence-electron chi connectivity index (χ4n) is 4.81. The van der Waals surface area contributed by atoms with Crippen LogP contribution in [0.15, 0.2) is 16.5 Å². The highest BCUT2D eigenvalue weighted by Crippen LogP contribution is 2.45. The lowest BCUT2D eigenvalue weighted by Crippen LogP contribution is -2.40. The average Bonchev–Trinajstić information content (AvgIpc) is 3.29. The summed E-state index contributed by atoms with van der Waals surface area (Å²) in [7, 11) is 1.77. The van der Waals surface area contributed by atoms with Gasteiger partial charge in [0.1, 0.15) is 16.7 Å². The molecule has 0 spiro atoms. The number of aliphatic hydroxyl groups is 1. The van der Waals surface area contributed by atoms with E-state index in [1.165, 1.54) is 0 Å². The Morgan fingerprint density at radius 2 is 2.06 bits per heavy atom. The van der Waals surface area contributed by atoms with Crippen LogP contribution in [0.5, 0.6) is 0 Å². The Morgan fingerprint density at radius 1 is 1.28 bits per heavy atom. The summed E-state index contributed by atoms with van der Waals surface area (Å²) in [4.78, 5) is 13.8. The normalized spacial score (nSPS) is 23.1. The Labute approximate surface area is 194 Å². The first-order chi connectivity index (χ1) is 15.3. The topological polar surface area (TPSA) is 96.1 Å². The highest BCUT2D eigenvalue weighted by atomic mass is 35.5. The molecule has 0 bridgehead atoms. The molecule has 0 aromatic carbocycles. The van der Waals surface area contributed by atoms with Gasteiger partial charge in [-0.2, -0.15) is 4.98 Å². The lowest BCUT2D eigenvalue weighted by Gasteiger charge is -2.33. The lowest BCUT2D eigenvalue weighted by atomic mass is 9.86. The van der Waals surface area contributed by atoms with Crippen molar-refractivity contribution in [2.75, 3.05) is 24.3 Å². The molecule has 0 saturated heterocycles. The summed E-state index contributed by atoms with van der Waals surface area (Å²) in [5.74, 6) is 2.20. The van der Waals surface area contributed by atoms with Crippen molar-refractivity contribution in [1.29, 1.82) is 0 Å². The van der Waals surface area contributed by atoms with E-state index < -0.39 is 0 Å². The maximum absolute atomic E-state index is 9.76. The fraction of sp³-hybridized carbons (Fsp3) is 0.542. The van der Waals surface area contributed by atoms with Gasteiger partial charge < -0.3 is 20.2 Å². The molecule has 3 aromatic heterocycles. The van der Waals surface area contributed by atoms with E-state index in [1.54, 1.807) is 7.05 Å². The molecule has 172 valence electrons. The zero-order valence-corrected chi connectivity index (χ0v) is 20.2. The fourth-order valence-corrected chi connectivity index (χ4v) is 5.08. The van der Waals surface area contributed by atoms with Crippen LogP contribution in [0, 0.1) is 18.8 Å². The molecule has 0 radical (unpaired) electrons. The third-order valence-corrected chi connectivity index (χ3v) is 7.22. The number of halogens is 1. The van der Waals surface area contributed by atoms with Crippen LogP contribution < -0.4 is 10.6 Å². The number of furan rings is 1. The first kappa shape index (κ1) is 22.8.